The first-order chi connectivity index (χ1) is 6.19. The van der Waals surface area contributed by atoms with E-state index in [2.05, 4.69) is 5.11 Å². The summed E-state index contributed by atoms with van der Waals surface area (Å²) in [5.41, 5.74) is 1.58. The van der Waals surface area contributed by atoms with Gasteiger partial charge in [-0.2, -0.15) is 0 Å². The Balaban J connectivity index is 3.06. The Bertz CT molecular complexity index is 302. The van der Waals surface area contributed by atoms with Gasteiger partial charge < -0.3 is 10.2 Å². The van der Waals surface area contributed by atoms with Crippen LogP contribution in [-0.2, 0) is 13.0 Å². The van der Waals surface area contributed by atoms with Crippen molar-refractivity contribution in [3.8, 4) is 5.75 Å². The van der Waals surface area contributed by atoms with Gasteiger partial charge in [0.15, 0.2) is 0 Å². The van der Waals surface area contributed by atoms with Gasteiger partial charge in [-0.3, -0.25) is 0 Å². The topological polar surface area (TPSA) is 40.5 Å². The van der Waals surface area contributed by atoms with Crippen LogP contribution in [0, 0.1) is 0 Å². The van der Waals surface area contributed by atoms with Crippen LogP contribution in [-0.4, -0.2) is 11.6 Å². The second-order valence-corrected chi connectivity index (χ2v) is 2.99. The van der Waals surface area contributed by atoms with Crippen molar-refractivity contribution >= 4 is 11.6 Å². The molecule has 1 aromatic rings. The Kier molecular flexibility index (Phi) is 2.49. The lowest BCUT2D eigenvalue weighted by Gasteiger charge is -2.05. The Hall–Kier alpha value is -0.730. The average molecular weight is 188 g/mol. The predicted octanol–water partition coefficient (Wildman–Crippen LogP) is 2.10. The highest BCUT2D eigenvalue weighted by Gasteiger charge is 2.05. The summed E-state index contributed by atoms with van der Waals surface area (Å²) in [6.45, 7) is 2.11. The number of halogens is 1. The zero-order valence-corrected chi connectivity index (χ0v) is 7.56. The van der Waals surface area contributed by atoms with Crippen LogP contribution in [0.1, 0.15) is 18.1 Å². The van der Waals surface area contributed by atoms with E-state index in [0.717, 1.165) is 11.1 Å². The first-order valence-corrected chi connectivity index (χ1v) is 4.15. The quantitative estimate of drug-likeness (QED) is 0.761. The minimum atomic E-state index is 0.123. The number of aliphatic hydroxyl groups is 1. The summed E-state index contributed by atoms with van der Waals surface area (Å²) in [5, 5.41) is 14.0. The van der Waals surface area contributed by atoms with Gasteiger partial charge in [-0.1, -0.05) is 18.5 Å². The molecule has 0 atom stereocenters. The van der Waals surface area contributed by atoms with Gasteiger partial charge in [-0.05, 0) is 29.7 Å². The molecule has 2 nitrogen and oxygen atoms in total. The number of hydrogen-bond donors (Lipinski definition) is 2. The number of aliphatic hydroxyl groups excluding tert-OH is 1. The fraction of sp³-hybridized carbons (Fsp3) is 0.333. The number of aryl methyl sites for hydroxylation is 1. The summed E-state index contributed by atoms with van der Waals surface area (Å²) in [6, 6.07) is 3.39. The van der Waals surface area contributed by atoms with Crippen molar-refractivity contribution in [2.24, 2.45) is 0 Å². The highest BCUT2D eigenvalue weighted by atomic mass is 35.5. The summed E-state index contributed by atoms with van der Waals surface area (Å²) in [6.07, 6.45) is 0.706. The van der Waals surface area contributed by atoms with E-state index in [1.54, 1.807) is 12.1 Å². The molecule has 0 saturated carbocycles. The molecule has 12 heavy (non-hydrogen) atoms. The van der Waals surface area contributed by atoms with E-state index in [9.17, 15) is 5.11 Å². The second-order valence-electron chi connectivity index (χ2n) is 2.58. The van der Waals surface area contributed by atoms with Crippen LogP contribution in [0.5, 0.6) is 5.75 Å². The number of benzene rings is 1. The molecule has 0 radical (unpaired) electrons. The van der Waals surface area contributed by atoms with E-state index in [0.29, 0.717) is 11.4 Å². The molecule has 1 aromatic carbocycles. The molecule has 66 valence electrons. The van der Waals surface area contributed by atoms with Crippen LogP contribution in [0.25, 0.3) is 0 Å². The largest absolute Gasteiger partial charge is 0.506 e. The fourth-order valence-corrected chi connectivity index (χ4v) is 1.33. The molecule has 2 N–H and O–H groups in total. The molecular weight excluding hydrogens is 176 g/mol. The molecule has 0 heterocycles. The minimum absolute atomic E-state index is 0.123. The van der Waals surface area contributed by atoms with Gasteiger partial charge in [-0.15, -0.1) is 0 Å². The molecule has 1 rings (SSSR count). The molecule has 0 spiro atoms. The van der Waals surface area contributed by atoms with Crippen molar-refractivity contribution in [1.82, 2.24) is 0 Å². The lowest BCUT2D eigenvalue weighted by Crippen LogP contribution is -1.88. The van der Waals surface area contributed by atoms with Gasteiger partial charge in [-0.25, -0.2) is 0 Å². The molecule has 3 heteroatoms. The standard InChI is InChI=1S/C9H11ClO2/c1-2-7-3-6(5-11)4-8(10)9(7)12/h3-4,11-12H,2,5H2,1H3/i11D. The summed E-state index contributed by atoms with van der Waals surface area (Å²) >= 11 is 5.77. The molecule has 0 aliphatic carbocycles. The van der Waals surface area contributed by atoms with Crippen LogP contribution < -0.4 is 0 Å². The van der Waals surface area contributed by atoms with E-state index in [1.165, 1.54) is 0 Å². The smallest absolute Gasteiger partial charge is 0.211 e. The molecule has 0 amide bonds. The van der Waals surface area contributed by atoms with Gasteiger partial charge in [0, 0.05) is 0 Å². The van der Waals surface area contributed by atoms with Crippen molar-refractivity contribution in [3.63, 3.8) is 0 Å². The molecule has 0 bridgehead atoms. The maximum Gasteiger partial charge on any atom is 0.211 e. The van der Waals surface area contributed by atoms with Crippen molar-refractivity contribution in [1.29, 1.82) is 1.43 Å². The molecule has 0 aliphatic rings. The van der Waals surface area contributed by atoms with Crippen molar-refractivity contribution < 1.29 is 10.2 Å². The zero-order valence-electron chi connectivity index (χ0n) is 7.80. The van der Waals surface area contributed by atoms with E-state index in [1.807, 2.05) is 6.92 Å². The molecule has 0 fully saturated rings. The van der Waals surface area contributed by atoms with Crippen LogP contribution in [0.4, 0.5) is 0 Å². The van der Waals surface area contributed by atoms with E-state index in [-0.39, 0.29) is 12.4 Å². The summed E-state index contributed by atoms with van der Waals surface area (Å²) in [7, 11) is 0. The van der Waals surface area contributed by atoms with Crippen LogP contribution >= 0.6 is 11.6 Å². The maximum atomic E-state index is 9.47. The third kappa shape index (κ3) is 1.71. The summed E-state index contributed by atoms with van der Waals surface area (Å²) in [5.74, 6) is 0.123. The Morgan fingerprint density at radius 3 is 2.92 bits per heavy atom. The van der Waals surface area contributed by atoms with Crippen molar-refractivity contribution in [2.45, 2.75) is 20.0 Å². The lowest BCUT2D eigenvalue weighted by atomic mass is 10.1. The Morgan fingerprint density at radius 2 is 2.33 bits per heavy atom. The first-order valence-electron chi connectivity index (χ1n) is 4.18. The maximum absolute atomic E-state index is 9.47. The summed E-state index contributed by atoms with van der Waals surface area (Å²) < 4.78 is 6.59. The van der Waals surface area contributed by atoms with Gasteiger partial charge in [0.05, 0.1) is 11.6 Å². The number of phenolic OH excluding ortho intramolecular Hbond substituents is 1. The van der Waals surface area contributed by atoms with Gasteiger partial charge in [0.25, 0.3) is 0 Å². The minimum Gasteiger partial charge on any atom is -0.506 e. The van der Waals surface area contributed by atoms with Gasteiger partial charge in [0.1, 0.15) is 5.75 Å². The third-order valence-corrected chi connectivity index (χ3v) is 2.04. The first kappa shape index (κ1) is 7.90. The van der Waals surface area contributed by atoms with Gasteiger partial charge in [0.2, 0.25) is 1.43 Å². The van der Waals surface area contributed by atoms with E-state index >= 15 is 0 Å². The van der Waals surface area contributed by atoms with Crippen LogP contribution in [0.15, 0.2) is 12.1 Å². The van der Waals surface area contributed by atoms with Crippen LogP contribution in [0.3, 0.4) is 0 Å². The monoisotopic (exact) mass is 187 g/mol. The zero-order chi connectivity index (χ0) is 9.84. The second kappa shape index (κ2) is 3.78. The molecule has 0 unspecified atom stereocenters. The average Bonchev–Trinajstić information content (AvgIpc) is 2.11. The molecule has 0 aromatic heterocycles. The lowest BCUT2D eigenvalue weighted by molar-refractivity contribution is 0.281. The normalized spacial score (nSPS) is 11.3. The van der Waals surface area contributed by atoms with E-state index in [4.69, 9.17) is 13.0 Å². The highest BCUT2D eigenvalue weighted by molar-refractivity contribution is 6.32. The van der Waals surface area contributed by atoms with Crippen molar-refractivity contribution in [2.75, 3.05) is 0 Å². The van der Waals surface area contributed by atoms with Gasteiger partial charge >= 0.3 is 0 Å². The molecular formula is C9H11ClO2. The summed E-state index contributed by atoms with van der Waals surface area (Å²) in [4.78, 5) is 0. The molecule has 0 saturated heterocycles. The number of phenols is 1. The van der Waals surface area contributed by atoms with Crippen molar-refractivity contribution in [3.05, 3.63) is 28.3 Å². The Morgan fingerprint density at radius 1 is 1.58 bits per heavy atom. The predicted molar refractivity (Wildman–Crippen MR) is 48.4 cm³/mol. The number of hydrogen-bond acceptors (Lipinski definition) is 2. The highest BCUT2D eigenvalue weighted by Crippen LogP contribution is 2.29. The molecule has 0 aliphatic heterocycles. The third-order valence-electron chi connectivity index (χ3n) is 1.75. The number of rotatable bonds is 3. The Labute approximate surface area is 77.9 Å². The fourth-order valence-electron chi connectivity index (χ4n) is 1.07. The SMILES string of the molecule is [2H]OCc1cc(Cl)c(O)c(CC)c1. The van der Waals surface area contributed by atoms with E-state index < -0.39 is 0 Å². The van der Waals surface area contributed by atoms with Crippen LogP contribution in [0.2, 0.25) is 5.02 Å². The number of aromatic hydroxyl groups is 1.